The third kappa shape index (κ3) is 37.7. The zero-order valence-corrected chi connectivity index (χ0v) is 43.1. The van der Waals surface area contributed by atoms with Crippen molar-refractivity contribution < 1.29 is 32.6 Å². The molecule has 0 aliphatic rings. The van der Waals surface area contributed by atoms with Gasteiger partial charge in [0.1, 0.15) is 16.2 Å². The summed E-state index contributed by atoms with van der Waals surface area (Å²) in [7, 11) is 2.88. The molecule has 1 aromatic rings. The van der Waals surface area contributed by atoms with Crippen molar-refractivity contribution in [2.45, 2.75) is 244 Å². The third-order valence-corrected chi connectivity index (χ3v) is 14.9. The smallest absolute Gasteiger partial charge is 0.380 e. The van der Waals surface area contributed by atoms with Crippen LogP contribution in [0, 0.1) is 11.3 Å². The molecule has 0 saturated heterocycles. The van der Waals surface area contributed by atoms with Gasteiger partial charge in [0, 0.05) is 26.0 Å². The van der Waals surface area contributed by atoms with E-state index in [0.29, 0.717) is 24.5 Å². The van der Waals surface area contributed by atoms with Crippen molar-refractivity contribution >= 4 is 42.2 Å². The van der Waals surface area contributed by atoms with Crippen LogP contribution in [-0.4, -0.2) is 49.9 Å². The van der Waals surface area contributed by atoms with Crippen molar-refractivity contribution in [1.82, 2.24) is 0 Å². The van der Waals surface area contributed by atoms with E-state index in [9.17, 15) is 9.59 Å². The third-order valence-electron chi connectivity index (χ3n) is 11.2. The first-order valence-corrected chi connectivity index (χ1v) is 28.6. The van der Waals surface area contributed by atoms with Crippen LogP contribution in [0.3, 0.4) is 0 Å². The van der Waals surface area contributed by atoms with E-state index >= 15 is 0 Å². The molecule has 11 heteroatoms. The maximum Gasteiger partial charge on any atom is 0.380 e. The van der Waals surface area contributed by atoms with E-state index in [1.165, 1.54) is 206 Å². The number of esters is 2. The van der Waals surface area contributed by atoms with E-state index in [-0.39, 0.29) is 22.4 Å². The summed E-state index contributed by atoms with van der Waals surface area (Å²) in [5, 5.41) is 7.89. The van der Waals surface area contributed by atoms with Crippen molar-refractivity contribution in [2.24, 2.45) is 0 Å². The van der Waals surface area contributed by atoms with Crippen molar-refractivity contribution in [3.8, 4) is 11.8 Å². The molecule has 2 atom stereocenters. The van der Waals surface area contributed by atoms with Crippen LogP contribution in [-0.2, 0) is 39.9 Å². The second kappa shape index (κ2) is 44.6. The summed E-state index contributed by atoms with van der Waals surface area (Å²) in [6.07, 6.45) is 42.7. The summed E-state index contributed by atoms with van der Waals surface area (Å²) in [5.74, 6) is 0.0999. The molecule has 0 amide bonds. The molecule has 62 heavy (non-hydrogen) atoms. The highest BCUT2D eigenvalue weighted by Gasteiger charge is 2.23. The quantitative estimate of drug-likeness (QED) is 0.0358. The number of thioether (sulfide) groups is 1. The van der Waals surface area contributed by atoms with E-state index < -0.39 is 6.72 Å². The number of unbranched alkanes of at least 4 members (excludes halogenated alkanes) is 30. The normalized spacial score (nSPS) is 12.2. The minimum atomic E-state index is -2.68. The van der Waals surface area contributed by atoms with Crippen LogP contribution in [0.1, 0.15) is 239 Å². The first-order valence-electron chi connectivity index (χ1n) is 25.1. The number of ether oxygens (including phenoxy) is 2. The van der Waals surface area contributed by atoms with Crippen molar-refractivity contribution in [3.63, 3.8) is 0 Å². The fourth-order valence-corrected chi connectivity index (χ4v) is 9.07. The molecule has 0 aliphatic heterocycles. The number of carbonyl (C=O) groups is 2. The Kier molecular flexibility index (Phi) is 43.4. The summed E-state index contributed by atoms with van der Waals surface area (Å²) < 4.78 is 26.3. The van der Waals surface area contributed by atoms with Crippen molar-refractivity contribution in [1.29, 1.82) is 5.26 Å². The molecule has 0 N–H and O–H groups in total. The van der Waals surface area contributed by atoms with Gasteiger partial charge in [0.15, 0.2) is 0 Å². The minimum absolute atomic E-state index is 0.214. The van der Waals surface area contributed by atoms with Crippen molar-refractivity contribution in [2.75, 3.05) is 27.4 Å². The van der Waals surface area contributed by atoms with Crippen LogP contribution >= 0.6 is 18.5 Å². The zero-order valence-electron chi connectivity index (χ0n) is 40.6. The van der Waals surface area contributed by atoms with Crippen LogP contribution in [0.15, 0.2) is 24.3 Å². The lowest BCUT2D eigenvalue weighted by Crippen LogP contribution is -2.25. The van der Waals surface area contributed by atoms with E-state index in [2.05, 4.69) is 13.8 Å². The Labute approximate surface area is 391 Å². The topological polar surface area (TPSA) is 104 Å². The fraction of sp³-hybridized carbons (Fsp3) is 0.824. The van der Waals surface area contributed by atoms with Gasteiger partial charge in [-0.3, -0.25) is 9.59 Å². The lowest BCUT2D eigenvalue weighted by Gasteiger charge is -2.17. The molecule has 0 aromatic heterocycles. The monoisotopic (exact) mass is 926 g/mol. The Balaban J connectivity index is 0.00000207. The number of hydrogen-bond acceptors (Lipinski definition) is 10. The highest BCUT2D eigenvalue weighted by Crippen LogP contribution is 2.48. The molecule has 0 bridgehead atoms. The number of rotatable bonds is 42. The second-order valence-corrected chi connectivity index (χ2v) is 21.7. The standard InChI is InChI=1S/C42H82O4S.C9H10NO3PS/c1-5-7-9-11-13-15-17-19-21-23-25-27-29-31-33-35-37-45-41(43)39(3)47-40(4)42(44)46-38-36-34-32-30-28-26-24-22-20-18-16-14-12-10-8-6-2;1-11-14(15,12-2)13-9-5-3-8(7-10)4-6-9/h39-40H,5-38H2,1-4H3;3-6H,1-2H3. The van der Waals surface area contributed by atoms with Gasteiger partial charge < -0.3 is 23.0 Å². The molecule has 1 aromatic carbocycles. The molecular formula is C51H92NO7PS2. The Hall–Kier alpha value is -1.63. The number of nitriles is 1. The van der Waals surface area contributed by atoms with Crippen LogP contribution in [0.4, 0.5) is 0 Å². The largest absolute Gasteiger partial charge is 0.465 e. The maximum absolute atomic E-state index is 12.4. The molecule has 0 fully saturated rings. The Morgan fingerprint density at radius 2 is 0.806 bits per heavy atom. The molecule has 1 rings (SSSR count). The van der Waals surface area contributed by atoms with Gasteiger partial charge >= 0.3 is 18.7 Å². The number of nitrogens with zero attached hydrogens (tertiary/aromatic N) is 1. The average molecular weight is 926 g/mol. The van der Waals surface area contributed by atoms with Gasteiger partial charge in [0.2, 0.25) is 0 Å². The summed E-state index contributed by atoms with van der Waals surface area (Å²) in [6.45, 7) is 6.53. The highest BCUT2D eigenvalue weighted by molar-refractivity contribution is 8.07. The Bertz CT molecular complexity index is 1200. The number of benzene rings is 1. The van der Waals surface area contributed by atoms with Gasteiger partial charge in [-0.05, 0) is 51.0 Å². The van der Waals surface area contributed by atoms with Gasteiger partial charge in [0.05, 0.1) is 24.8 Å². The van der Waals surface area contributed by atoms with Crippen LogP contribution in [0.2, 0.25) is 0 Å². The van der Waals surface area contributed by atoms with Crippen molar-refractivity contribution in [3.05, 3.63) is 29.8 Å². The predicted molar refractivity (Wildman–Crippen MR) is 268 cm³/mol. The van der Waals surface area contributed by atoms with Gasteiger partial charge in [-0.15, -0.1) is 11.8 Å². The predicted octanol–water partition coefficient (Wildman–Crippen LogP) is 16.6. The van der Waals surface area contributed by atoms with E-state index in [1.54, 1.807) is 24.3 Å². The van der Waals surface area contributed by atoms with Crippen LogP contribution < -0.4 is 4.52 Å². The highest BCUT2D eigenvalue weighted by atomic mass is 32.5. The summed E-state index contributed by atoms with van der Waals surface area (Å²) in [4.78, 5) is 24.8. The summed E-state index contributed by atoms with van der Waals surface area (Å²) in [5.41, 5.74) is 0.561. The van der Waals surface area contributed by atoms with E-state index in [4.69, 9.17) is 40.1 Å². The first-order chi connectivity index (χ1) is 30.2. The first kappa shape index (κ1) is 60.4. The lowest BCUT2D eigenvalue weighted by molar-refractivity contribution is -0.142. The Morgan fingerprint density at radius 3 is 1.06 bits per heavy atom. The average Bonchev–Trinajstić information content (AvgIpc) is 3.28. The molecular weight excluding hydrogens is 834 g/mol. The molecule has 2 unspecified atom stereocenters. The summed E-state index contributed by atoms with van der Waals surface area (Å²) in [6, 6.07) is 8.59. The minimum Gasteiger partial charge on any atom is -0.465 e. The van der Waals surface area contributed by atoms with E-state index in [0.717, 1.165) is 25.7 Å². The molecule has 0 saturated carbocycles. The van der Waals surface area contributed by atoms with E-state index in [1.807, 2.05) is 19.9 Å². The molecule has 8 nitrogen and oxygen atoms in total. The maximum atomic E-state index is 12.4. The second-order valence-electron chi connectivity index (χ2n) is 16.9. The molecule has 360 valence electrons. The van der Waals surface area contributed by atoms with Crippen LogP contribution in [0.5, 0.6) is 5.75 Å². The molecule has 0 heterocycles. The molecule has 0 radical (unpaired) electrons. The number of hydrogen-bond donors (Lipinski definition) is 0. The molecule has 0 aliphatic carbocycles. The Morgan fingerprint density at radius 1 is 0.532 bits per heavy atom. The molecule has 0 spiro atoms. The van der Waals surface area contributed by atoms with Gasteiger partial charge in [-0.25, -0.2) is 0 Å². The SMILES string of the molecule is CCCCCCCCCCCCCCCCCCOC(=O)C(C)SC(C)C(=O)OCCCCCCCCCCCCCCCCCC.COP(=S)(OC)Oc1ccc(C#N)cc1. The number of carbonyl (C=O) groups excluding carboxylic acids is 2. The fourth-order valence-electron chi connectivity index (χ4n) is 7.17. The van der Waals surface area contributed by atoms with Gasteiger partial charge in [-0.1, -0.05) is 206 Å². The van der Waals surface area contributed by atoms with Gasteiger partial charge in [0.25, 0.3) is 0 Å². The van der Waals surface area contributed by atoms with Crippen LogP contribution in [0.25, 0.3) is 0 Å². The zero-order chi connectivity index (χ0) is 45.8. The lowest BCUT2D eigenvalue weighted by atomic mass is 10.0. The van der Waals surface area contributed by atoms with Gasteiger partial charge in [-0.2, -0.15) is 5.26 Å². The summed E-state index contributed by atoms with van der Waals surface area (Å²) >= 11 is 6.37.